The van der Waals surface area contributed by atoms with Crippen LogP contribution in [0.5, 0.6) is 5.75 Å². The molecule has 116 valence electrons. The number of carbonyl (C=O) groups is 1. The Hall–Kier alpha value is -1.55. The Balaban J connectivity index is 1.93. The van der Waals surface area contributed by atoms with Crippen molar-refractivity contribution in [3.05, 3.63) is 29.8 Å². The second kappa shape index (κ2) is 7.46. The number of hydrogen-bond acceptors (Lipinski definition) is 3. The third-order valence-electron chi connectivity index (χ3n) is 4.31. The fourth-order valence-corrected chi connectivity index (χ4v) is 3.14. The molecule has 1 aliphatic carbocycles. The molecular weight excluding hydrogens is 264 g/mol. The van der Waals surface area contributed by atoms with Crippen molar-refractivity contribution >= 4 is 5.91 Å². The molecule has 0 heterocycles. The summed E-state index contributed by atoms with van der Waals surface area (Å²) in [6.07, 6.45) is 3.19. The van der Waals surface area contributed by atoms with Gasteiger partial charge in [0, 0.05) is 19.5 Å². The highest BCUT2D eigenvalue weighted by Gasteiger charge is 2.33. The highest BCUT2D eigenvalue weighted by molar-refractivity contribution is 5.79. The van der Waals surface area contributed by atoms with Gasteiger partial charge in [-0.15, -0.1) is 0 Å². The van der Waals surface area contributed by atoms with Crippen molar-refractivity contribution in [1.82, 2.24) is 4.90 Å². The average Bonchev–Trinajstić information content (AvgIpc) is 2.97. The van der Waals surface area contributed by atoms with E-state index < -0.39 is 0 Å². The zero-order valence-electron chi connectivity index (χ0n) is 13.0. The minimum absolute atomic E-state index is 0.114. The molecule has 0 unspecified atom stereocenters. The average molecular weight is 290 g/mol. The first-order chi connectivity index (χ1) is 10.2. The van der Waals surface area contributed by atoms with E-state index in [4.69, 9.17) is 10.5 Å². The lowest BCUT2D eigenvalue weighted by Gasteiger charge is -2.24. The number of nitrogens with two attached hydrogens (primary N) is 1. The zero-order chi connectivity index (χ0) is 15.2. The van der Waals surface area contributed by atoms with E-state index in [1.807, 2.05) is 43.1 Å². The Morgan fingerprint density at radius 1 is 1.33 bits per heavy atom. The molecule has 21 heavy (non-hydrogen) atoms. The molecule has 0 aliphatic heterocycles. The van der Waals surface area contributed by atoms with Gasteiger partial charge in [0.1, 0.15) is 5.75 Å². The Labute approximate surface area is 127 Å². The van der Waals surface area contributed by atoms with Crippen LogP contribution >= 0.6 is 0 Å². The number of benzene rings is 1. The number of rotatable bonds is 6. The van der Waals surface area contributed by atoms with Crippen molar-refractivity contribution in [2.24, 2.45) is 17.6 Å². The predicted molar refractivity (Wildman–Crippen MR) is 84.0 cm³/mol. The molecule has 2 atom stereocenters. The number of ether oxygens (including phenoxy) is 1. The van der Waals surface area contributed by atoms with E-state index in [-0.39, 0.29) is 11.8 Å². The topological polar surface area (TPSA) is 55.6 Å². The van der Waals surface area contributed by atoms with Crippen molar-refractivity contribution < 1.29 is 9.53 Å². The monoisotopic (exact) mass is 290 g/mol. The normalized spacial score (nSPS) is 21.3. The SMILES string of the molecule is CCOc1ccc(CN(C)C(=O)[C@@H]2CCC[C@@H]2CN)cc1. The molecule has 1 aliphatic rings. The summed E-state index contributed by atoms with van der Waals surface area (Å²) in [5, 5.41) is 0. The van der Waals surface area contributed by atoms with E-state index in [9.17, 15) is 4.79 Å². The van der Waals surface area contributed by atoms with E-state index in [0.717, 1.165) is 30.6 Å². The fourth-order valence-electron chi connectivity index (χ4n) is 3.14. The van der Waals surface area contributed by atoms with Gasteiger partial charge in [0.25, 0.3) is 0 Å². The Bertz CT molecular complexity index is 458. The summed E-state index contributed by atoms with van der Waals surface area (Å²) in [5.41, 5.74) is 6.90. The van der Waals surface area contributed by atoms with Crippen molar-refractivity contribution in [2.75, 3.05) is 20.2 Å². The highest BCUT2D eigenvalue weighted by atomic mass is 16.5. The van der Waals surface area contributed by atoms with Crippen LogP contribution in [0.2, 0.25) is 0 Å². The van der Waals surface area contributed by atoms with E-state index >= 15 is 0 Å². The molecule has 1 aromatic carbocycles. The van der Waals surface area contributed by atoms with Gasteiger partial charge >= 0.3 is 0 Å². The molecule has 4 heteroatoms. The lowest BCUT2D eigenvalue weighted by atomic mass is 9.95. The molecule has 0 bridgehead atoms. The predicted octanol–water partition coefficient (Wildman–Crippen LogP) is 2.42. The number of amides is 1. The van der Waals surface area contributed by atoms with Crippen molar-refractivity contribution in [3.63, 3.8) is 0 Å². The molecule has 0 radical (unpaired) electrons. The molecule has 1 amide bonds. The molecule has 2 N–H and O–H groups in total. The molecule has 0 aromatic heterocycles. The van der Waals surface area contributed by atoms with Gasteiger partial charge in [0.05, 0.1) is 6.61 Å². The maximum absolute atomic E-state index is 12.5. The summed E-state index contributed by atoms with van der Waals surface area (Å²) in [5.74, 6) is 1.58. The highest BCUT2D eigenvalue weighted by Crippen LogP contribution is 2.32. The molecule has 1 fully saturated rings. The molecule has 0 spiro atoms. The van der Waals surface area contributed by atoms with Crippen LogP contribution < -0.4 is 10.5 Å². The number of hydrogen-bond donors (Lipinski definition) is 1. The molecule has 1 saturated carbocycles. The Morgan fingerprint density at radius 3 is 2.67 bits per heavy atom. The minimum atomic E-state index is 0.114. The third kappa shape index (κ3) is 3.97. The standard InChI is InChI=1S/C17H26N2O2/c1-3-21-15-9-7-13(8-10-15)12-19(2)17(20)16-6-4-5-14(16)11-18/h7-10,14,16H,3-6,11-12,18H2,1-2H3/t14-,16-/m1/s1. The molecular formula is C17H26N2O2. The second-order valence-corrected chi connectivity index (χ2v) is 5.80. The summed E-state index contributed by atoms with van der Waals surface area (Å²) < 4.78 is 5.43. The van der Waals surface area contributed by atoms with Crippen molar-refractivity contribution in [1.29, 1.82) is 0 Å². The van der Waals surface area contributed by atoms with E-state index in [2.05, 4.69) is 0 Å². The van der Waals surface area contributed by atoms with Crippen LogP contribution in [0.15, 0.2) is 24.3 Å². The van der Waals surface area contributed by atoms with E-state index in [1.165, 1.54) is 0 Å². The minimum Gasteiger partial charge on any atom is -0.494 e. The maximum atomic E-state index is 12.5. The first kappa shape index (κ1) is 15.8. The second-order valence-electron chi connectivity index (χ2n) is 5.80. The summed E-state index contributed by atoms with van der Waals surface area (Å²) in [6, 6.07) is 7.94. The smallest absolute Gasteiger partial charge is 0.226 e. The van der Waals surface area contributed by atoms with Crippen LogP contribution in [0, 0.1) is 11.8 Å². The fraction of sp³-hybridized carbons (Fsp3) is 0.588. The van der Waals surface area contributed by atoms with Gasteiger partial charge in [-0.2, -0.15) is 0 Å². The summed E-state index contributed by atoms with van der Waals surface area (Å²) in [7, 11) is 1.88. The number of carbonyl (C=O) groups excluding carboxylic acids is 1. The largest absolute Gasteiger partial charge is 0.494 e. The first-order valence-electron chi connectivity index (χ1n) is 7.82. The maximum Gasteiger partial charge on any atom is 0.226 e. The van der Waals surface area contributed by atoms with Crippen molar-refractivity contribution in [3.8, 4) is 5.75 Å². The molecule has 1 aromatic rings. The number of nitrogens with zero attached hydrogens (tertiary/aromatic N) is 1. The van der Waals surface area contributed by atoms with Crippen LogP contribution in [0.25, 0.3) is 0 Å². The summed E-state index contributed by atoms with van der Waals surface area (Å²) >= 11 is 0. The third-order valence-corrected chi connectivity index (χ3v) is 4.31. The van der Waals surface area contributed by atoms with Crippen LogP contribution in [0.1, 0.15) is 31.7 Å². The van der Waals surface area contributed by atoms with Crippen molar-refractivity contribution in [2.45, 2.75) is 32.7 Å². The first-order valence-corrected chi connectivity index (χ1v) is 7.82. The molecule has 4 nitrogen and oxygen atoms in total. The lowest BCUT2D eigenvalue weighted by Crippen LogP contribution is -2.36. The van der Waals surface area contributed by atoms with Gasteiger partial charge in [0.15, 0.2) is 0 Å². The quantitative estimate of drug-likeness (QED) is 0.875. The Morgan fingerprint density at radius 2 is 2.05 bits per heavy atom. The van der Waals surface area contributed by atoms with Crippen LogP contribution in [-0.4, -0.2) is 31.0 Å². The van der Waals surface area contributed by atoms with Gasteiger partial charge in [-0.1, -0.05) is 18.6 Å². The van der Waals surface area contributed by atoms with Crippen LogP contribution in [0.4, 0.5) is 0 Å². The molecule has 2 rings (SSSR count). The van der Waals surface area contributed by atoms with Gasteiger partial charge in [-0.3, -0.25) is 4.79 Å². The summed E-state index contributed by atoms with van der Waals surface area (Å²) in [4.78, 5) is 14.4. The van der Waals surface area contributed by atoms with Crippen LogP contribution in [0.3, 0.4) is 0 Å². The van der Waals surface area contributed by atoms with Crippen LogP contribution in [-0.2, 0) is 11.3 Å². The van der Waals surface area contributed by atoms with E-state index in [0.29, 0.717) is 25.6 Å². The zero-order valence-corrected chi connectivity index (χ0v) is 13.0. The van der Waals surface area contributed by atoms with Gasteiger partial charge < -0.3 is 15.4 Å². The summed E-state index contributed by atoms with van der Waals surface area (Å²) in [6.45, 7) is 3.89. The van der Waals surface area contributed by atoms with E-state index in [1.54, 1.807) is 0 Å². The lowest BCUT2D eigenvalue weighted by molar-refractivity contribution is -0.135. The Kier molecular flexibility index (Phi) is 5.62. The van der Waals surface area contributed by atoms with Gasteiger partial charge in [-0.05, 0) is 49.9 Å². The van der Waals surface area contributed by atoms with Gasteiger partial charge in [0.2, 0.25) is 5.91 Å². The molecule has 0 saturated heterocycles. The van der Waals surface area contributed by atoms with Gasteiger partial charge in [-0.25, -0.2) is 0 Å².